The lowest BCUT2D eigenvalue weighted by Gasteiger charge is -2.19. The summed E-state index contributed by atoms with van der Waals surface area (Å²) in [4.78, 5) is 26.2. The monoisotopic (exact) mass is 473 g/mol. The van der Waals surface area contributed by atoms with Gasteiger partial charge in [0, 0.05) is 11.6 Å². The van der Waals surface area contributed by atoms with Gasteiger partial charge in [0.1, 0.15) is 11.5 Å². The summed E-state index contributed by atoms with van der Waals surface area (Å²) < 4.78 is 0. The number of aryl methyl sites for hydroxylation is 1. The Morgan fingerprint density at radius 3 is 2.00 bits per heavy atom. The molecule has 0 fully saturated rings. The fourth-order valence-corrected chi connectivity index (χ4v) is 4.15. The van der Waals surface area contributed by atoms with Gasteiger partial charge in [0.25, 0.3) is 0 Å². The zero-order chi connectivity index (χ0) is 25.8. The Labute approximate surface area is 210 Å². The molecular weight excluding hydrogens is 434 g/mol. The fourth-order valence-electron chi connectivity index (χ4n) is 4.15. The minimum atomic E-state index is -0.325. The van der Waals surface area contributed by atoms with E-state index in [1.165, 1.54) is 0 Å². The van der Waals surface area contributed by atoms with Crippen molar-refractivity contribution in [2.75, 3.05) is 5.32 Å². The number of Topliss-reactive ketones (excluding diaryl/α,β-unsaturated/α-hetero) is 1. The number of para-hydroxylation sites is 1. The first-order valence-electron chi connectivity index (χ1n) is 12.6. The number of carbonyl (C=O) groups is 2. The molecule has 35 heavy (non-hydrogen) atoms. The summed E-state index contributed by atoms with van der Waals surface area (Å²) >= 11 is 0. The zero-order valence-electron chi connectivity index (χ0n) is 21.7. The summed E-state index contributed by atoms with van der Waals surface area (Å²) in [5, 5.41) is 12.6. The van der Waals surface area contributed by atoms with Crippen LogP contribution in [-0.2, 0) is 28.9 Å². The van der Waals surface area contributed by atoms with E-state index < -0.39 is 0 Å². The molecule has 0 spiro atoms. The predicted molar refractivity (Wildman–Crippen MR) is 145 cm³/mol. The second-order valence-corrected chi connectivity index (χ2v) is 8.84. The highest BCUT2D eigenvalue weighted by Crippen LogP contribution is 2.29. The van der Waals surface area contributed by atoms with Crippen LogP contribution in [0.1, 0.15) is 69.2 Å². The van der Waals surface area contributed by atoms with Gasteiger partial charge in [-0.1, -0.05) is 95.3 Å². The quantitative estimate of drug-likeness (QED) is 0.309. The third-order valence-electron chi connectivity index (χ3n) is 5.98. The summed E-state index contributed by atoms with van der Waals surface area (Å²) in [7, 11) is 0. The molecular formula is C31H39NO3. The second-order valence-electron chi connectivity index (χ2n) is 8.84. The summed E-state index contributed by atoms with van der Waals surface area (Å²) in [6.07, 6.45) is 1.73. The summed E-state index contributed by atoms with van der Waals surface area (Å²) in [5.74, 6) is -0.216. The summed E-state index contributed by atoms with van der Waals surface area (Å²) in [5.41, 5.74) is 5.02. The Kier molecular flexibility index (Phi) is 11.2. The molecule has 2 N–H and O–H groups in total. The number of nitrogens with one attached hydrogen (secondary N) is 1. The van der Waals surface area contributed by atoms with Crippen molar-refractivity contribution in [1.29, 1.82) is 0 Å². The Bertz CT molecular complexity index is 1070. The van der Waals surface area contributed by atoms with Crippen LogP contribution in [0.5, 0.6) is 5.75 Å². The van der Waals surface area contributed by atoms with E-state index >= 15 is 0 Å². The van der Waals surface area contributed by atoms with Crippen molar-refractivity contribution in [2.45, 2.75) is 66.2 Å². The minimum absolute atomic E-state index is 0.0792. The van der Waals surface area contributed by atoms with E-state index in [0.29, 0.717) is 12.8 Å². The van der Waals surface area contributed by atoms with Gasteiger partial charge in [0.05, 0.1) is 6.42 Å². The van der Waals surface area contributed by atoms with Crippen LogP contribution in [0.3, 0.4) is 0 Å². The Hall–Kier alpha value is -3.40. The number of phenols is 1. The lowest BCUT2D eigenvalue weighted by molar-refractivity contribution is -0.128. The number of rotatable bonds is 10. The van der Waals surface area contributed by atoms with E-state index in [1.807, 2.05) is 74.5 Å². The molecule has 1 amide bonds. The first-order chi connectivity index (χ1) is 16.9. The molecule has 0 aliphatic rings. The highest BCUT2D eigenvalue weighted by Gasteiger charge is 2.23. The van der Waals surface area contributed by atoms with Gasteiger partial charge in [-0.15, -0.1) is 0 Å². The second kappa shape index (κ2) is 14.1. The lowest BCUT2D eigenvalue weighted by atomic mass is 9.87. The molecule has 1 atom stereocenters. The van der Waals surface area contributed by atoms with Crippen molar-refractivity contribution >= 4 is 17.4 Å². The van der Waals surface area contributed by atoms with Gasteiger partial charge in [0.2, 0.25) is 5.91 Å². The van der Waals surface area contributed by atoms with Crippen LogP contribution in [0.15, 0.2) is 72.8 Å². The number of benzene rings is 3. The largest absolute Gasteiger partial charge is 0.508 e. The molecule has 0 radical (unpaired) electrons. The number of amides is 1. The van der Waals surface area contributed by atoms with Gasteiger partial charge in [-0.25, -0.2) is 0 Å². The van der Waals surface area contributed by atoms with Crippen LogP contribution in [0, 0.1) is 5.92 Å². The molecule has 186 valence electrons. The maximum atomic E-state index is 13.3. The van der Waals surface area contributed by atoms with Gasteiger partial charge in [-0.2, -0.15) is 0 Å². The molecule has 0 aliphatic carbocycles. The van der Waals surface area contributed by atoms with Crippen LogP contribution >= 0.6 is 0 Å². The van der Waals surface area contributed by atoms with E-state index in [1.54, 1.807) is 12.1 Å². The van der Waals surface area contributed by atoms with Gasteiger partial charge < -0.3 is 10.4 Å². The van der Waals surface area contributed by atoms with E-state index in [-0.39, 0.29) is 35.7 Å². The summed E-state index contributed by atoms with van der Waals surface area (Å²) in [6.45, 7) is 10.3. The lowest BCUT2D eigenvalue weighted by Crippen LogP contribution is -2.26. The molecule has 0 heterocycles. The van der Waals surface area contributed by atoms with Crippen molar-refractivity contribution in [3.63, 3.8) is 0 Å². The first kappa shape index (κ1) is 27.8. The predicted octanol–water partition coefficient (Wildman–Crippen LogP) is 7.10. The van der Waals surface area contributed by atoms with Crippen molar-refractivity contribution in [3.05, 3.63) is 95.1 Å². The Morgan fingerprint density at radius 1 is 0.829 bits per heavy atom. The SMILES string of the molecule is CC.CCc1cccc(C(C)C)c1NC(=O)CC(=O)C(Cc1ccccc1)Cc1ccc(O)cc1. The van der Waals surface area contributed by atoms with Gasteiger partial charge >= 0.3 is 0 Å². The molecule has 0 aliphatic heterocycles. The van der Waals surface area contributed by atoms with Gasteiger partial charge in [-0.3, -0.25) is 9.59 Å². The number of anilines is 1. The Balaban J connectivity index is 0.00000210. The number of ketones is 1. The average molecular weight is 474 g/mol. The van der Waals surface area contributed by atoms with Crippen LogP contribution in [-0.4, -0.2) is 16.8 Å². The highest BCUT2D eigenvalue weighted by atomic mass is 16.3. The number of hydrogen-bond donors (Lipinski definition) is 2. The average Bonchev–Trinajstić information content (AvgIpc) is 2.86. The third-order valence-corrected chi connectivity index (χ3v) is 5.98. The van der Waals surface area contributed by atoms with Crippen LogP contribution in [0.25, 0.3) is 0 Å². The van der Waals surface area contributed by atoms with Gasteiger partial charge in [-0.05, 0) is 59.6 Å². The highest BCUT2D eigenvalue weighted by molar-refractivity contribution is 6.05. The van der Waals surface area contributed by atoms with Gasteiger partial charge in [0.15, 0.2) is 0 Å². The maximum Gasteiger partial charge on any atom is 0.231 e. The molecule has 4 heteroatoms. The number of aromatic hydroxyl groups is 1. The van der Waals surface area contributed by atoms with Crippen molar-refractivity contribution < 1.29 is 14.7 Å². The maximum absolute atomic E-state index is 13.3. The zero-order valence-corrected chi connectivity index (χ0v) is 21.7. The van der Waals surface area contributed by atoms with Crippen LogP contribution in [0.4, 0.5) is 5.69 Å². The Morgan fingerprint density at radius 2 is 1.43 bits per heavy atom. The number of hydrogen-bond acceptors (Lipinski definition) is 3. The van der Waals surface area contributed by atoms with E-state index in [2.05, 4.69) is 26.1 Å². The fraction of sp³-hybridized carbons (Fsp3) is 0.355. The third kappa shape index (κ3) is 8.40. The molecule has 0 saturated carbocycles. The van der Waals surface area contributed by atoms with E-state index in [0.717, 1.165) is 34.4 Å². The molecule has 3 aromatic carbocycles. The summed E-state index contributed by atoms with van der Waals surface area (Å²) in [6, 6.07) is 22.8. The number of phenolic OH excluding ortho intramolecular Hbond substituents is 1. The van der Waals surface area contributed by atoms with Crippen molar-refractivity contribution in [2.24, 2.45) is 5.92 Å². The molecule has 1 unspecified atom stereocenters. The molecule has 0 aromatic heterocycles. The smallest absolute Gasteiger partial charge is 0.231 e. The molecule has 3 rings (SSSR count). The van der Waals surface area contributed by atoms with E-state index in [4.69, 9.17) is 0 Å². The number of carbonyl (C=O) groups excluding carboxylic acids is 2. The molecule has 3 aromatic rings. The topological polar surface area (TPSA) is 66.4 Å². The van der Waals surface area contributed by atoms with Crippen molar-refractivity contribution in [1.82, 2.24) is 0 Å². The first-order valence-corrected chi connectivity index (χ1v) is 12.6. The standard InChI is InChI=1S/C29H33NO3.C2H6/c1-4-23-11-8-12-26(20(2)3)29(23)30-28(33)19-27(32)24(17-21-9-6-5-7-10-21)18-22-13-15-25(31)16-14-22;1-2/h5-16,20,24,31H,4,17-19H2,1-3H3,(H,30,33);1-2H3. The molecule has 0 saturated heterocycles. The molecule has 4 nitrogen and oxygen atoms in total. The van der Waals surface area contributed by atoms with Crippen LogP contribution in [0.2, 0.25) is 0 Å². The normalized spacial score (nSPS) is 11.4. The minimum Gasteiger partial charge on any atom is -0.508 e. The van der Waals surface area contributed by atoms with Crippen LogP contribution < -0.4 is 5.32 Å². The van der Waals surface area contributed by atoms with Crippen molar-refractivity contribution in [3.8, 4) is 5.75 Å². The van der Waals surface area contributed by atoms with E-state index in [9.17, 15) is 14.7 Å². The molecule has 0 bridgehead atoms.